The summed E-state index contributed by atoms with van der Waals surface area (Å²) < 4.78 is 6.62. The Balaban J connectivity index is 1.68. The number of rotatable bonds is 6. The number of fused-ring (bicyclic) bond motifs is 1. The molecule has 1 aliphatic rings. The highest BCUT2D eigenvalue weighted by molar-refractivity contribution is 6.74. The quantitative estimate of drug-likeness (QED) is 0.435. The van der Waals surface area contributed by atoms with Gasteiger partial charge in [-0.2, -0.15) is 5.26 Å². The molecule has 8 nitrogen and oxygen atoms in total. The average molecular weight is 488 g/mol. The van der Waals surface area contributed by atoms with Crippen LogP contribution in [0.2, 0.25) is 18.1 Å². The van der Waals surface area contributed by atoms with Crippen molar-refractivity contribution in [2.75, 3.05) is 23.8 Å². The molecule has 1 atom stereocenters. The highest BCUT2D eigenvalue weighted by atomic mass is 28.4. The van der Waals surface area contributed by atoms with E-state index >= 15 is 0 Å². The van der Waals surface area contributed by atoms with Crippen LogP contribution in [-0.4, -0.2) is 41.4 Å². The third-order valence-electron chi connectivity index (χ3n) is 7.18. The van der Waals surface area contributed by atoms with E-state index in [2.05, 4.69) is 78.5 Å². The third kappa shape index (κ3) is 4.90. The predicted molar refractivity (Wildman–Crippen MR) is 141 cm³/mol. The molecule has 3 aromatic rings. The molecule has 0 bridgehead atoms. The van der Waals surface area contributed by atoms with Crippen molar-refractivity contribution in [3.63, 3.8) is 0 Å². The van der Waals surface area contributed by atoms with E-state index < -0.39 is 8.32 Å². The maximum absolute atomic E-state index is 9.91. The minimum Gasteiger partial charge on any atom is -0.416 e. The lowest BCUT2D eigenvalue weighted by Crippen LogP contribution is -2.45. The smallest absolute Gasteiger partial charge is 0.228 e. The number of nitriles is 1. The van der Waals surface area contributed by atoms with Gasteiger partial charge in [0.05, 0.1) is 22.6 Å². The van der Waals surface area contributed by atoms with Gasteiger partial charge in [0, 0.05) is 42.7 Å². The summed E-state index contributed by atoms with van der Waals surface area (Å²) in [6.07, 6.45) is 4.97. The second kappa shape index (κ2) is 9.02. The first kappa shape index (κ1) is 24.8. The van der Waals surface area contributed by atoms with Crippen molar-refractivity contribution in [1.82, 2.24) is 19.9 Å². The van der Waals surface area contributed by atoms with Crippen LogP contribution in [0.15, 0.2) is 36.8 Å². The molecule has 0 aliphatic carbocycles. The Hall–Kier alpha value is -3.35. The van der Waals surface area contributed by atoms with Crippen LogP contribution in [0.4, 0.5) is 17.5 Å². The molecule has 1 aromatic carbocycles. The van der Waals surface area contributed by atoms with Gasteiger partial charge < -0.3 is 15.1 Å². The summed E-state index contributed by atoms with van der Waals surface area (Å²) >= 11 is 0. The summed E-state index contributed by atoms with van der Waals surface area (Å²) in [5, 5.41) is 16.7. The molecule has 0 unspecified atom stereocenters. The second-order valence-electron chi connectivity index (χ2n) is 10.9. The average Bonchev–Trinajstić information content (AvgIpc) is 3.15. The summed E-state index contributed by atoms with van der Waals surface area (Å²) in [4.78, 5) is 17.6. The van der Waals surface area contributed by atoms with E-state index in [1.165, 1.54) is 0 Å². The Morgan fingerprint density at radius 1 is 1.17 bits per heavy atom. The first-order valence-electron chi connectivity index (χ1n) is 11.8. The minimum absolute atomic E-state index is 0.129. The number of anilines is 3. The van der Waals surface area contributed by atoms with Gasteiger partial charge >= 0.3 is 0 Å². The number of aryl methyl sites for hydroxylation is 1. The number of hydrogen-bond donors (Lipinski definition) is 2. The van der Waals surface area contributed by atoms with Gasteiger partial charge in [0.1, 0.15) is 6.07 Å². The lowest BCUT2D eigenvalue weighted by molar-refractivity contribution is 0.220. The van der Waals surface area contributed by atoms with Crippen LogP contribution < -0.4 is 10.6 Å². The summed E-state index contributed by atoms with van der Waals surface area (Å²) in [6.45, 7) is 16.7. The Bertz CT molecular complexity index is 1300. The van der Waals surface area contributed by atoms with Crippen LogP contribution in [0, 0.1) is 18.3 Å². The van der Waals surface area contributed by atoms with Crippen LogP contribution in [0.25, 0.3) is 11.3 Å². The van der Waals surface area contributed by atoms with Crippen molar-refractivity contribution in [2.24, 2.45) is 0 Å². The SMILES string of the molecule is Cc1nccnc1Nc1nccc(-c2cc(C#N)c3c(c2)[C@@](C)(CO[Si](C)(C)C(C)(C)C)CN3)n1. The van der Waals surface area contributed by atoms with Crippen LogP contribution in [0.1, 0.15) is 44.5 Å². The molecule has 0 amide bonds. The van der Waals surface area contributed by atoms with Crippen molar-refractivity contribution in [3.05, 3.63) is 53.6 Å². The van der Waals surface area contributed by atoms with E-state index in [1.54, 1.807) is 18.6 Å². The molecule has 0 saturated carbocycles. The van der Waals surface area contributed by atoms with Crippen LogP contribution >= 0.6 is 0 Å². The number of nitrogens with one attached hydrogen (secondary N) is 2. The van der Waals surface area contributed by atoms with Gasteiger partial charge in [0.2, 0.25) is 5.95 Å². The van der Waals surface area contributed by atoms with Crippen molar-refractivity contribution < 1.29 is 4.43 Å². The fraction of sp³-hybridized carbons (Fsp3) is 0.423. The zero-order chi connectivity index (χ0) is 25.4. The summed E-state index contributed by atoms with van der Waals surface area (Å²) in [5.41, 5.74) is 4.67. The van der Waals surface area contributed by atoms with Crippen molar-refractivity contribution in [1.29, 1.82) is 5.26 Å². The highest BCUT2D eigenvalue weighted by Crippen LogP contribution is 2.44. The van der Waals surface area contributed by atoms with Crippen molar-refractivity contribution in [3.8, 4) is 17.3 Å². The molecule has 0 spiro atoms. The van der Waals surface area contributed by atoms with Gasteiger partial charge in [-0.25, -0.2) is 15.0 Å². The Kier molecular flexibility index (Phi) is 6.38. The molecule has 9 heteroatoms. The minimum atomic E-state index is -1.92. The van der Waals surface area contributed by atoms with Gasteiger partial charge in [-0.05, 0) is 48.8 Å². The topological polar surface area (TPSA) is 109 Å². The van der Waals surface area contributed by atoms with E-state index in [0.29, 0.717) is 23.9 Å². The third-order valence-corrected chi connectivity index (χ3v) is 11.7. The summed E-state index contributed by atoms with van der Waals surface area (Å²) in [7, 11) is -1.92. The molecule has 4 rings (SSSR count). The van der Waals surface area contributed by atoms with Gasteiger partial charge in [-0.15, -0.1) is 0 Å². The Labute approximate surface area is 208 Å². The van der Waals surface area contributed by atoms with Crippen LogP contribution in [-0.2, 0) is 9.84 Å². The zero-order valence-corrected chi connectivity index (χ0v) is 22.5. The standard InChI is InChI=1S/C26H33N7OSi/c1-17-23(29-11-10-28-17)33-24-30-9-8-21(32-24)18-12-19(14-27)22-20(13-18)26(5,15-31-22)16-34-35(6,7)25(2,3)4/h8-13,31H,15-16H2,1-7H3,(H,29,30,32,33)/t26-/m1/s1. The maximum Gasteiger partial charge on any atom is 0.228 e. The van der Waals surface area contributed by atoms with Crippen LogP contribution in [0.3, 0.4) is 0 Å². The van der Waals surface area contributed by atoms with Gasteiger partial charge in [-0.3, -0.25) is 4.98 Å². The van der Waals surface area contributed by atoms with E-state index in [1.807, 2.05) is 19.1 Å². The summed E-state index contributed by atoms with van der Waals surface area (Å²) in [6, 6.07) is 8.22. The zero-order valence-electron chi connectivity index (χ0n) is 21.5. The van der Waals surface area contributed by atoms with Crippen molar-refractivity contribution in [2.45, 2.75) is 58.2 Å². The number of hydrogen-bond acceptors (Lipinski definition) is 8. The van der Waals surface area contributed by atoms with E-state index in [-0.39, 0.29) is 10.5 Å². The molecule has 35 heavy (non-hydrogen) atoms. The van der Waals surface area contributed by atoms with Gasteiger partial charge in [0.25, 0.3) is 0 Å². The predicted octanol–water partition coefficient (Wildman–Crippen LogP) is 5.56. The first-order chi connectivity index (χ1) is 16.4. The Morgan fingerprint density at radius 2 is 1.91 bits per heavy atom. The molecule has 2 aromatic heterocycles. The number of nitrogens with zero attached hydrogens (tertiary/aromatic N) is 5. The maximum atomic E-state index is 9.91. The molecule has 3 heterocycles. The molecule has 2 N–H and O–H groups in total. The van der Waals surface area contributed by atoms with E-state index in [9.17, 15) is 5.26 Å². The summed E-state index contributed by atoms with van der Waals surface area (Å²) in [5.74, 6) is 1.03. The van der Waals surface area contributed by atoms with Gasteiger partial charge in [-0.1, -0.05) is 27.7 Å². The monoisotopic (exact) mass is 487 g/mol. The van der Waals surface area contributed by atoms with Gasteiger partial charge in [0.15, 0.2) is 14.1 Å². The van der Waals surface area contributed by atoms with Crippen LogP contribution in [0.5, 0.6) is 0 Å². The second-order valence-corrected chi connectivity index (χ2v) is 15.7. The number of benzene rings is 1. The molecular weight excluding hydrogens is 454 g/mol. The molecule has 0 radical (unpaired) electrons. The largest absolute Gasteiger partial charge is 0.416 e. The molecule has 1 aliphatic heterocycles. The van der Waals surface area contributed by atoms with Crippen molar-refractivity contribution >= 4 is 25.8 Å². The van der Waals surface area contributed by atoms with E-state index in [0.717, 1.165) is 34.7 Å². The lowest BCUT2D eigenvalue weighted by Gasteiger charge is -2.39. The molecule has 0 saturated heterocycles. The lowest BCUT2D eigenvalue weighted by atomic mass is 9.83. The fourth-order valence-corrected chi connectivity index (χ4v) is 4.94. The first-order valence-corrected chi connectivity index (χ1v) is 14.7. The normalized spacial score (nSPS) is 17.4. The Morgan fingerprint density at radius 3 is 2.60 bits per heavy atom. The molecule has 182 valence electrons. The van der Waals surface area contributed by atoms with E-state index in [4.69, 9.17) is 9.41 Å². The highest BCUT2D eigenvalue weighted by Gasteiger charge is 2.42. The fourth-order valence-electron chi connectivity index (χ4n) is 3.82. The molecular formula is C26H33N7OSi. The molecule has 0 fully saturated rings. The number of aromatic nitrogens is 4.